The van der Waals surface area contributed by atoms with E-state index in [1.165, 1.54) is 24.3 Å². The highest BCUT2D eigenvalue weighted by Gasteiger charge is 2.25. The van der Waals surface area contributed by atoms with Crippen molar-refractivity contribution in [3.05, 3.63) is 87.8 Å². The number of hydrogen-bond acceptors (Lipinski definition) is 10. The Balaban J connectivity index is 1.14. The molecule has 260 valence electrons. The number of nitrogens with zero attached hydrogens (tertiary/aromatic N) is 1. The van der Waals surface area contributed by atoms with Crippen LogP contribution in [0.15, 0.2) is 69.9 Å². The zero-order valence-electron chi connectivity index (χ0n) is 27.5. The van der Waals surface area contributed by atoms with Crippen LogP contribution < -0.4 is 21.6 Å². The van der Waals surface area contributed by atoms with Crippen molar-refractivity contribution in [2.24, 2.45) is 0 Å². The fourth-order valence-corrected chi connectivity index (χ4v) is 4.92. The van der Waals surface area contributed by atoms with E-state index >= 15 is 0 Å². The molecule has 2 aromatic carbocycles. The minimum Gasteiger partial charge on any atom is -0.431 e. The molecule has 1 atom stereocenters. The predicted octanol–water partition coefficient (Wildman–Crippen LogP) is 2.92. The van der Waals surface area contributed by atoms with Crippen molar-refractivity contribution >= 4 is 46.4 Å². The Hall–Kier alpha value is -5.34. The van der Waals surface area contributed by atoms with Crippen LogP contribution in [-0.2, 0) is 39.8 Å². The third kappa shape index (κ3) is 11.1. The Labute approximate surface area is 282 Å². The lowest BCUT2D eigenvalue weighted by Gasteiger charge is -2.19. The Kier molecular flexibility index (Phi) is 13.6. The molecule has 49 heavy (non-hydrogen) atoms. The summed E-state index contributed by atoms with van der Waals surface area (Å²) >= 11 is 0. The summed E-state index contributed by atoms with van der Waals surface area (Å²) in [5, 5.41) is 8.76. The van der Waals surface area contributed by atoms with E-state index in [1.807, 2.05) is 19.1 Å². The lowest BCUT2D eigenvalue weighted by molar-refractivity contribution is -0.137. The standard InChI is InChI=1S/C35H40N4O10/c1-3-24-6-8-25(9-7-24)33(49-35(45)38-26-10-11-27-23(2)21-32(43)48-28(27)22-26)34(44)37-15-18-47-20-19-46-17-14-36-29(40)5-4-16-39-30(41)12-13-31(39)42/h6-13,21-22,33H,3-5,14-20H2,1-2H3,(H,36,40)(H,37,44)(H,38,45). The van der Waals surface area contributed by atoms with Gasteiger partial charge in [-0.2, -0.15) is 0 Å². The van der Waals surface area contributed by atoms with E-state index in [0.717, 1.165) is 27.8 Å². The number of fused-ring (bicyclic) bond motifs is 1. The molecular weight excluding hydrogens is 636 g/mol. The molecule has 0 bridgehead atoms. The number of nitrogens with one attached hydrogen (secondary N) is 3. The summed E-state index contributed by atoms with van der Waals surface area (Å²) in [5.74, 6) is -1.48. The minimum absolute atomic E-state index is 0.150. The van der Waals surface area contributed by atoms with Gasteiger partial charge < -0.3 is 29.3 Å². The first-order valence-corrected chi connectivity index (χ1v) is 16.0. The van der Waals surface area contributed by atoms with Crippen molar-refractivity contribution in [2.45, 2.75) is 39.2 Å². The molecule has 4 rings (SSSR count). The molecule has 1 aliphatic rings. The Bertz CT molecular complexity index is 1720. The Morgan fingerprint density at radius 3 is 2.20 bits per heavy atom. The van der Waals surface area contributed by atoms with Gasteiger partial charge >= 0.3 is 11.7 Å². The second kappa shape index (κ2) is 18.3. The zero-order chi connectivity index (χ0) is 35.2. The molecule has 0 radical (unpaired) electrons. The molecule has 3 aromatic rings. The average Bonchev–Trinajstić information content (AvgIpc) is 3.40. The van der Waals surface area contributed by atoms with Crippen LogP contribution in [0.5, 0.6) is 0 Å². The first-order valence-electron chi connectivity index (χ1n) is 16.0. The fourth-order valence-electron chi connectivity index (χ4n) is 4.92. The van der Waals surface area contributed by atoms with Gasteiger partial charge in [0.15, 0.2) is 0 Å². The van der Waals surface area contributed by atoms with Gasteiger partial charge in [0.1, 0.15) is 5.58 Å². The van der Waals surface area contributed by atoms with Crippen molar-refractivity contribution in [1.29, 1.82) is 0 Å². The maximum Gasteiger partial charge on any atom is 0.412 e. The molecule has 0 saturated heterocycles. The van der Waals surface area contributed by atoms with Gasteiger partial charge in [-0.1, -0.05) is 31.2 Å². The van der Waals surface area contributed by atoms with E-state index in [-0.39, 0.29) is 63.7 Å². The minimum atomic E-state index is -1.24. The molecule has 2 heterocycles. The number of anilines is 1. The second-order valence-electron chi connectivity index (χ2n) is 11.1. The molecule has 5 amide bonds. The van der Waals surface area contributed by atoms with E-state index in [9.17, 15) is 28.8 Å². The molecule has 0 aliphatic carbocycles. The first-order chi connectivity index (χ1) is 23.6. The van der Waals surface area contributed by atoms with Crippen molar-refractivity contribution in [3.63, 3.8) is 0 Å². The molecule has 0 fully saturated rings. The molecule has 3 N–H and O–H groups in total. The number of rotatable bonds is 18. The summed E-state index contributed by atoms with van der Waals surface area (Å²) in [6.45, 7) is 5.39. The number of hydrogen-bond donors (Lipinski definition) is 3. The number of aryl methyl sites for hydroxylation is 2. The number of amides is 5. The topological polar surface area (TPSA) is 183 Å². The Morgan fingerprint density at radius 1 is 0.857 bits per heavy atom. The largest absolute Gasteiger partial charge is 0.431 e. The predicted molar refractivity (Wildman–Crippen MR) is 179 cm³/mol. The van der Waals surface area contributed by atoms with Crippen LogP contribution in [0.2, 0.25) is 0 Å². The van der Waals surface area contributed by atoms with E-state index in [4.69, 9.17) is 18.6 Å². The monoisotopic (exact) mass is 676 g/mol. The van der Waals surface area contributed by atoms with Gasteiger partial charge in [-0.15, -0.1) is 0 Å². The van der Waals surface area contributed by atoms with Gasteiger partial charge in [-0.3, -0.25) is 29.4 Å². The van der Waals surface area contributed by atoms with Crippen LogP contribution in [0.25, 0.3) is 11.0 Å². The zero-order valence-corrected chi connectivity index (χ0v) is 27.5. The molecule has 1 aromatic heterocycles. The summed E-state index contributed by atoms with van der Waals surface area (Å²) in [6.07, 6.45) is 1.66. The smallest absolute Gasteiger partial charge is 0.412 e. The van der Waals surface area contributed by atoms with Crippen LogP contribution in [-0.4, -0.2) is 80.7 Å². The van der Waals surface area contributed by atoms with Gasteiger partial charge in [0.05, 0.1) is 26.4 Å². The van der Waals surface area contributed by atoms with Gasteiger partial charge in [0.2, 0.25) is 12.0 Å². The molecule has 1 unspecified atom stereocenters. The second-order valence-corrected chi connectivity index (χ2v) is 11.1. The quantitative estimate of drug-likeness (QED) is 0.103. The van der Waals surface area contributed by atoms with Crippen LogP contribution in [0.3, 0.4) is 0 Å². The summed E-state index contributed by atoms with van der Waals surface area (Å²) in [5.41, 5.74) is 2.41. The van der Waals surface area contributed by atoms with Crippen LogP contribution in [0.4, 0.5) is 10.5 Å². The van der Waals surface area contributed by atoms with Crippen molar-refractivity contribution < 1.29 is 42.6 Å². The normalized spacial score (nSPS) is 13.1. The summed E-state index contributed by atoms with van der Waals surface area (Å²) in [4.78, 5) is 73.9. The third-order valence-electron chi connectivity index (χ3n) is 7.52. The molecule has 14 nitrogen and oxygen atoms in total. The maximum absolute atomic E-state index is 13.1. The maximum atomic E-state index is 13.1. The van der Waals surface area contributed by atoms with E-state index in [0.29, 0.717) is 29.8 Å². The molecule has 14 heteroatoms. The van der Waals surface area contributed by atoms with E-state index in [1.54, 1.807) is 31.2 Å². The van der Waals surface area contributed by atoms with Crippen LogP contribution >= 0.6 is 0 Å². The summed E-state index contributed by atoms with van der Waals surface area (Å²) in [7, 11) is 0. The number of imide groups is 1. The van der Waals surface area contributed by atoms with Gasteiger partial charge in [-0.05, 0) is 43.0 Å². The lowest BCUT2D eigenvalue weighted by atomic mass is 10.1. The number of carbonyl (C=O) groups excluding carboxylic acids is 5. The van der Waals surface area contributed by atoms with Crippen molar-refractivity contribution in [3.8, 4) is 0 Å². The summed E-state index contributed by atoms with van der Waals surface area (Å²) in [6, 6.07) is 13.4. The first kappa shape index (κ1) is 36.5. The average molecular weight is 677 g/mol. The van der Waals surface area contributed by atoms with Crippen molar-refractivity contribution in [1.82, 2.24) is 15.5 Å². The van der Waals surface area contributed by atoms with Gasteiger partial charge in [-0.25, -0.2) is 9.59 Å². The van der Waals surface area contributed by atoms with E-state index in [2.05, 4.69) is 16.0 Å². The molecule has 0 spiro atoms. The number of ether oxygens (including phenoxy) is 3. The van der Waals surface area contributed by atoms with E-state index < -0.39 is 23.7 Å². The number of benzene rings is 2. The van der Waals surface area contributed by atoms with Crippen molar-refractivity contribution in [2.75, 3.05) is 51.4 Å². The summed E-state index contributed by atoms with van der Waals surface area (Å²) < 4.78 is 21.8. The lowest BCUT2D eigenvalue weighted by Crippen LogP contribution is -2.35. The Morgan fingerprint density at radius 2 is 1.53 bits per heavy atom. The third-order valence-corrected chi connectivity index (χ3v) is 7.52. The SMILES string of the molecule is CCc1ccc(C(OC(=O)Nc2ccc3c(C)cc(=O)oc3c2)C(=O)NCCOCCOCCNC(=O)CCCN2C(=O)C=CC2=O)cc1. The molecular formula is C35H40N4O10. The van der Waals surface area contributed by atoms with Crippen LogP contribution in [0.1, 0.15) is 42.6 Å². The molecule has 1 aliphatic heterocycles. The molecule has 0 saturated carbocycles. The van der Waals surface area contributed by atoms with Gasteiger partial charge in [0, 0.05) is 67.0 Å². The highest BCUT2D eigenvalue weighted by molar-refractivity contribution is 6.12. The highest BCUT2D eigenvalue weighted by Crippen LogP contribution is 2.23. The fraction of sp³-hybridized carbons (Fsp3) is 0.371. The van der Waals surface area contributed by atoms with Crippen LogP contribution in [0, 0.1) is 6.92 Å². The van der Waals surface area contributed by atoms with Gasteiger partial charge in [0.25, 0.3) is 17.7 Å². The number of carbonyl (C=O) groups is 5. The highest BCUT2D eigenvalue weighted by atomic mass is 16.6.